The third-order valence-corrected chi connectivity index (χ3v) is 3.37. The summed E-state index contributed by atoms with van der Waals surface area (Å²) in [5.41, 5.74) is 0. The Bertz CT molecular complexity index is 546. The quantitative estimate of drug-likeness (QED) is 0.769. The van der Waals surface area contributed by atoms with Crippen LogP contribution in [0.15, 0.2) is 12.3 Å². The van der Waals surface area contributed by atoms with Gasteiger partial charge in [0.2, 0.25) is 11.8 Å². The number of urea groups is 1. The Morgan fingerprint density at radius 3 is 2.74 bits per heavy atom. The number of hydrogen-bond donors (Lipinski definition) is 2. The first-order valence-corrected chi connectivity index (χ1v) is 7.55. The van der Waals surface area contributed by atoms with Crippen molar-refractivity contribution in [1.29, 1.82) is 0 Å². The second-order valence-electron chi connectivity index (χ2n) is 4.98. The van der Waals surface area contributed by atoms with Gasteiger partial charge in [0.15, 0.2) is 0 Å². The molecular weight excluding hydrogens is 302 g/mol. The summed E-state index contributed by atoms with van der Waals surface area (Å²) in [6.07, 6.45) is 1.57. The van der Waals surface area contributed by atoms with E-state index in [-0.39, 0.29) is 19.0 Å². The summed E-state index contributed by atoms with van der Waals surface area (Å²) in [5, 5.41) is 11.2. The van der Waals surface area contributed by atoms with Crippen molar-refractivity contribution in [1.82, 2.24) is 20.2 Å². The standard InChI is InChI=1S/C14H21N5O4/c1-2-23-11-3-5-15-13(17-11)18-7-9-19(10-8-18)14(22)16-6-4-12(20)21/h3,5H,2,4,6-10H2,1H3,(H,16,22)(H,20,21). The molecule has 0 radical (unpaired) electrons. The van der Waals surface area contributed by atoms with Crippen molar-refractivity contribution in [2.45, 2.75) is 13.3 Å². The number of anilines is 1. The first-order chi connectivity index (χ1) is 11.1. The predicted molar refractivity (Wildman–Crippen MR) is 82.6 cm³/mol. The van der Waals surface area contributed by atoms with E-state index in [1.54, 1.807) is 17.2 Å². The van der Waals surface area contributed by atoms with Crippen LogP contribution in [0.4, 0.5) is 10.7 Å². The molecule has 2 amide bonds. The normalized spacial score (nSPS) is 14.5. The topological polar surface area (TPSA) is 108 Å². The molecule has 2 rings (SSSR count). The minimum atomic E-state index is -0.929. The van der Waals surface area contributed by atoms with E-state index >= 15 is 0 Å². The Balaban J connectivity index is 1.82. The molecule has 0 unspecified atom stereocenters. The third kappa shape index (κ3) is 4.97. The summed E-state index contributed by atoms with van der Waals surface area (Å²) in [6, 6.07) is 1.47. The Morgan fingerprint density at radius 1 is 1.35 bits per heavy atom. The fourth-order valence-corrected chi connectivity index (χ4v) is 2.21. The molecule has 2 heterocycles. The number of carbonyl (C=O) groups excluding carboxylic acids is 1. The molecule has 23 heavy (non-hydrogen) atoms. The minimum Gasteiger partial charge on any atom is -0.481 e. The fraction of sp³-hybridized carbons (Fsp3) is 0.571. The van der Waals surface area contributed by atoms with Gasteiger partial charge in [0, 0.05) is 45.0 Å². The zero-order chi connectivity index (χ0) is 16.7. The van der Waals surface area contributed by atoms with Crippen LogP contribution < -0.4 is 15.0 Å². The molecular formula is C14H21N5O4. The highest BCUT2D eigenvalue weighted by atomic mass is 16.5. The van der Waals surface area contributed by atoms with Crippen molar-refractivity contribution in [3.05, 3.63) is 12.3 Å². The van der Waals surface area contributed by atoms with Crippen molar-refractivity contribution >= 4 is 17.9 Å². The zero-order valence-corrected chi connectivity index (χ0v) is 13.1. The lowest BCUT2D eigenvalue weighted by atomic mass is 10.3. The van der Waals surface area contributed by atoms with E-state index < -0.39 is 5.97 Å². The molecule has 1 fully saturated rings. The molecule has 1 saturated heterocycles. The van der Waals surface area contributed by atoms with Gasteiger partial charge in [-0.05, 0) is 6.92 Å². The molecule has 9 nitrogen and oxygen atoms in total. The number of aromatic nitrogens is 2. The number of piperazine rings is 1. The van der Waals surface area contributed by atoms with E-state index in [0.29, 0.717) is 44.6 Å². The molecule has 0 saturated carbocycles. The van der Waals surface area contributed by atoms with Crippen molar-refractivity contribution < 1.29 is 19.4 Å². The average molecular weight is 323 g/mol. The van der Waals surface area contributed by atoms with Crippen LogP contribution in [-0.2, 0) is 4.79 Å². The van der Waals surface area contributed by atoms with Crippen LogP contribution >= 0.6 is 0 Å². The summed E-state index contributed by atoms with van der Waals surface area (Å²) in [4.78, 5) is 34.6. The van der Waals surface area contributed by atoms with Gasteiger partial charge in [-0.1, -0.05) is 0 Å². The van der Waals surface area contributed by atoms with E-state index in [1.165, 1.54) is 0 Å². The molecule has 0 atom stereocenters. The van der Waals surface area contributed by atoms with Gasteiger partial charge in [0.05, 0.1) is 13.0 Å². The molecule has 1 aliphatic rings. The third-order valence-electron chi connectivity index (χ3n) is 3.37. The first kappa shape index (κ1) is 16.8. The van der Waals surface area contributed by atoms with E-state index in [1.807, 2.05) is 11.8 Å². The number of amides is 2. The Hall–Kier alpha value is -2.58. The van der Waals surface area contributed by atoms with Crippen molar-refractivity contribution in [3.8, 4) is 5.88 Å². The maximum atomic E-state index is 11.9. The summed E-state index contributed by atoms with van der Waals surface area (Å²) in [7, 11) is 0. The Labute approximate surface area is 134 Å². The lowest BCUT2D eigenvalue weighted by Crippen LogP contribution is -2.52. The van der Waals surface area contributed by atoms with Crippen LogP contribution in [0.2, 0.25) is 0 Å². The highest BCUT2D eigenvalue weighted by molar-refractivity contribution is 5.75. The average Bonchev–Trinajstić information content (AvgIpc) is 2.55. The zero-order valence-electron chi connectivity index (χ0n) is 13.1. The number of hydrogen-bond acceptors (Lipinski definition) is 6. The van der Waals surface area contributed by atoms with Crippen LogP contribution in [0.1, 0.15) is 13.3 Å². The number of nitrogens with one attached hydrogen (secondary N) is 1. The number of carbonyl (C=O) groups is 2. The SMILES string of the molecule is CCOc1ccnc(N2CCN(C(=O)NCCC(=O)O)CC2)n1. The summed E-state index contributed by atoms with van der Waals surface area (Å²) >= 11 is 0. The first-order valence-electron chi connectivity index (χ1n) is 7.55. The minimum absolute atomic E-state index is 0.0796. The van der Waals surface area contributed by atoms with Gasteiger partial charge < -0.3 is 25.0 Å². The van der Waals surface area contributed by atoms with Crippen LogP contribution in [0.25, 0.3) is 0 Å². The second kappa shape index (κ2) is 8.16. The predicted octanol–water partition coefficient (Wildman–Crippen LogP) is 0.182. The molecule has 0 bridgehead atoms. The van der Waals surface area contributed by atoms with E-state index in [2.05, 4.69) is 15.3 Å². The molecule has 1 aliphatic heterocycles. The Kier molecular flexibility index (Phi) is 5.95. The monoisotopic (exact) mass is 323 g/mol. The van der Waals surface area contributed by atoms with Gasteiger partial charge in [0.1, 0.15) is 0 Å². The number of carboxylic acids is 1. The van der Waals surface area contributed by atoms with Crippen LogP contribution in [-0.4, -0.2) is 71.3 Å². The fourth-order valence-electron chi connectivity index (χ4n) is 2.21. The highest BCUT2D eigenvalue weighted by Gasteiger charge is 2.22. The number of nitrogens with zero attached hydrogens (tertiary/aromatic N) is 4. The molecule has 1 aromatic heterocycles. The van der Waals surface area contributed by atoms with Crippen molar-refractivity contribution in [2.75, 3.05) is 44.2 Å². The van der Waals surface area contributed by atoms with Crippen LogP contribution in [0.3, 0.4) is 0 Å². The van der Waals surface area contributed by atoms with E-state index in [0.717, 1.165) is 0 Å². The number of ether oxygens (including phenoxy) is 1. The number of aliphatic carboxylic acids is 1. The Morgan fingerprint density at radius 2 is 2.09 bits per heavy atom. The van der Waals surface area contributed by atoms with Gasteiger partial charge in [-0.25, -0.2) is 9.78 Å². The van der Waals surface area contributed by atoms with Crippen LogP contribution in [0.5, 0.6) is 5.88 Å². The highest BCUT2D eigenvalue weighted by Crippen LogP contribution is 2.14. The van der Waals surface area contributed by atoms with Gasteiger partial charge in [-0.2, -0.15) is 4.98 Å². The molecule has 2 N–H and O–H groups in total. The summed E-state index contributed by atoms with van der Waals surface area (Å²) in [6.45, 7) is 4.85. The summed E-state index contributed by atoms with van der Waals surface area (Å²) in [5.74, 6) is 0.190. The van der Waals surface area contributed by atoms with E-state index in [4.69, 9.17) is 9.84 Å². The maximum absolute atomic E-state index is 11.9. The maximum Gasteiger partial charge on any atom is 0.317 e. The smallest absolute Gasteiger partial charge is 0.317 e. The van der Waals surface area contributed by atoms with Crippen molar-refractivity contribution in [3.63, 3.8) is 0 Å². The molecule has 0 spiro atoms. The van der Waals surface area contributed by atoms with Gasteiger partial charge >= 0.3 is 12.0 Å². The summed E-state index contributed by atoms with van der Waals surface area (Å²) < 4.78 is 5.36. The number of carboxylic acid groups (broad SMARTS) is 1. The van der Waals surface area contributed by atoms with E-state index in [9.17, 15) is 9.59 Å². The van der Waals surface area contributed by atoms with Gasteiger partial charge in [-0.3, -0.25) is 4.79 Å². The lowest BCUT2D eigenvalue weighted by Gasteiger charge is -2.34. The van der Waals surface area contributed by atoms with Gasteiger partial charge in [0.25, 0.3) is 0 Å². The lowest BCUT2D eigenvalue weighted by molar-refractivity contribution is -0.136. The molecule has 0 aliphatic carbocycles. The van der Waals surface area contributed by atoms with Crippen LogP contribution in [0, 0.1) is 0 Å². The second-order valence-corrected chi connectivity index (χ2v) is 4.98. The molecule has 9 heteroatoms. The largest absolute Gasteiger partial charge is 0.481 e. The molecule has 0 aromatic carbocycles. The van der Waals surface area contributed by atoms with Crippen molar-refractivity contribution in [2.24, 2.45) is 0 Å². The van der Waals surface area contributed by atoms with Gasteiger partial charge in [-0.15, -0.1) is 0 Å². The number of rotatable bonds is 6. The molecule has 1 aromatic rings. The molecule has 126 valence electrons.